The molecule has 3 nitrogen and oxygen atoms in total. The highest BCUT2D eigenvalue weighted by Gasteiger charge is 2.24. The second-order valence-corrected chi connectivity index (χ2v) is 6.84. The predicted octanol–water partition coefficient (Wildman–Crippen LogP) is 3.91. The zero-order valence-electron chi connectivity index (χ0n) is 14.5. The van der Waals surface area contributed by atoms with Gasteiger partial charge in [0.15, 0.2) is 0 Å². The van der Waals surface area contributed by atoms with Gasteiger partial charge in [0, 0.05) is 18.3 Å². The van der Waals surface area contributed by atoms with Crippen LogP contribution in [0.5, 0.6) is 0 Å². The molecule has 3 heteroatoms. The first kappa shape index (κ1) is 17.5. The van der Waals surface area contributed by atoms with Crippen molar-refractivity contribution in [2.45, 2.75) is 46.2 Å². The van der Waals surface area contributed by atoms with Gasteiger partial charge in [0.1, 0.15) is 0 Å². The summed E-state index contributed by atoms with van der Waals surface area (Å²) in [6.45, 7) is 7.39. The highest BCUT2D eigenvalue weighted by molar-refractivity contribution is 5.45. The normalized spacial score (nSPS) is 17.3. The van der Waals surface area contributed by atoms with Crippen molar-refractivity contribution in [1.82, 2.24) is 5.01 Å². The van der Waals surface area contributed by atoms with Crippen molar-refractivity contribution in [3.8, 4) is 0 Å². The standard InChI is InChI=1S/C13H21N3.C7H8/c1-9(2)5-13-7-10-3-4-12(14)6-11(10)8-16(13)15;1-7-5-3-2-4-6-7/h3-4,6,9,13H,5,7-8,14-15H2,1-2H3;2-6H,1H3. The summed E-state index contributed by atoms with van der Waals surface area (Å²) in [6.07, 6.45) is 2.20. The second-order valence-electron chi connectivity index (χ2n) is 6.84. The van der Waals surface area contributed by atoms with Gasteiger partial charge >= 0.3 is 0 Å². The van der Waals surface area contributed by atoms with Crippen LogP contribution < -0.4 is 11.6 Å². The molecule has 1 heterocycles. The highest BCUT2D eigenvalue weighted by Crippen LogP contribution is 2.26. The maximum atomic E-state index is 6.08. The van der Waals surface area contributed by atoms with Crippen LogP contribution in [0, 0.1) is 12.8 Å². The maximum absolute atomic E-state index is 6.08. The van der Waals surface area contributed by atoms with Crippen molar-refractivity contribution < 1.29 is 0 Å². The number of hydrogen-bond donors (Lipinski definition) is 2. The highest BCUT2D eigenvalue weighted by atomic mass is 15.4. The fourth-order valence-corrected chi connectivity index (χ4v) is 2.99. The molecule has 1 aliphatic heterocycles. The molecule has 0 saturated carbocycles. The van der Waals surface area contributed by atoms with Crippen LogP contribution in [-0.2, 0) is 13.0 Å². The SMILES string of the molecule is CC(C)CC1Cc2ccc(N)cc2CN1N.Cc1ccccc1. The molecular formula is C20H29N3. The van der Waals surface area contributed by atoms with Crippen molar-refractivity contribution >= 4 is 5.69 Å². The number of nitrogen functional groups attached to an aromatic ring is 1. The van der Waals surface area contributed by atoms with Gasteiger partial charge in [-0.25, -0.2) is 5.01 Å². The third-order valence-electron chi connectivity index (χ3n) is 4.19. The minimum atomic E-state index is 0.469. The number of nitrogens with zero attached hydrogens (tertiary/aromatic N) is 1. The quantitative estimate of drug-likeness (QED) is 0.653. The molecule has 0 spiro atoms. The predicted molar refractivity (Wildman–Crippen MR) is 98.7 cm³/mol. The van der Waals surface area contributed by atoms with Gasteiger partial charge in [-0.1, -0.05) is 55.8 Å². The fraction of sp³-hybridized carbons (Fsp3) is 0.400. The van der Waals surface area contributed by atoms with Crippen LogP contribution in [-0.4, -0.2) is 11.1 Å². The van der Waals surface area contributed by atoms with Crippen LogP contribution in [0.4, 0.5) is 5.69 Å². The number of hydrazine groups is 1. The summed E-state index contributed by atoms with van der Waals surface area (Å²) in [6, 6.07) is 16.9. The molecule has 0 aliphatic carbocycles. The van der Waals surface area contributed by atoms with Gasteiger partial charge in [0.25, 0.3) is 0 Å². The number of anilines is 1. The smallest absolute Gasteiger partial charge is 0.0386 e. The van der Waals surface area contributed by atoms with Gasteiger partial charge in [0.2, 0.25) is 0 Å². The molecule has 2 aromatic carbocycles. The lowest BCUT2D eigenvalue weighted by Gasteiger charge is -2.34. The largest absolute Gasteiger partial charge is 0.399 e. The van der Waals surface area contributed by atoms with Crippen LogP contribution >= 0.6 is 0 Å². The van der Waals surface area contributed by atoms with E-state index in [1.54, 1.807) is 0 Å². The molecule has 0 amide bonds. The van der Waals surface area contributed by atoms with Crippen LogP contribution in [0.25, 0.3) is 0 Å². The van der Waals surface area contributed by atoms with E-state index in [0.717, 1.165) is 25.1 Å². The number of aryl methyl sites for hydroxylation is 1. The van der Waals surface area contributed by atoms with Gasteiger partial charge in [-0.05, 0) is 48.9 Å². The molecule has 0 radical (unpaired) electrons. The Morgan fingerprint density at radius 1 is 1.09 bits per heavy atom. The Hall–Kier alpha value is -1.84. The summed E-state index contributed by atoms with van der Waals surface area (Å²) in [5.41, 5.74) is 10.6. The van der Waals surface area contributed by atoms with Gasteiger partial charge in [-0.2, -0.15) is 0 Å². The number of nitrogens with two attached hydrogens (primary N) is 2. The van der Waals surface area contributed by atoms with E-state index in [9.17, 15) is 0 Å². The van der Waals surface area contributed by atoms with Crippen LogP contribution in [0.2, 0.25) is 0 Å². The molecule has 124 valence electrons. The molecule has 0 fully saturated rings. The molecule has 1 aliphatic rings. The lowest BCUT2D eigenvalue weighted by molar-refractivity contribution is 0.153. The Morgan fingerprint density at radius 3 is 2.35 bits per heavy atom. The van der Waals surface area contributed by atoms with Crippen molar-refractivity contribution in [2.24, 2.45) is 11.8 Å². The summed E-state index contributed by atoms with van der Waals surface area (Å²) >= 11 is 0. The number of fused-ring (bicyclic) bond motifs is 1. The van der Waals surface area contributed by atoms with Crippen molar-refractivity contribution in [3.63, 3.8) is 0 Å². The molecule has 0 aromatic heterocycles. The van der Waals surface area contributed by atoms with Crippen molar-refractivity contribution in [2.75, 3.05) is 5.73 Å². The Morgan fingerprint density at radius 2 is 1.78 bits per heavy atom. The summed E-state index contributed by atoms with van der Waals surface area (Å²) < 4.78 is 0. The van der Waals surface area contributed by atoms with Crippen molar-refractivity contribution in [3.05, 3.63) is 65.2 Å². The zero-order chi connectivity index (χ0) is 16.8. The van der Waals surface area contributed by atoms with E-state index in [1.807, 2.05) is 35.3 Å². The van der Waals surface area contributed by atoms with Gasteiger partial charge < -0.3 is 5.73 Å². The van der Waals surface area contributed by atoms with E-state index in [-0.39, 0.29) is 0 Å². The first-order valence-corrected chi connectivity index (χ1v) is 8.36. The van der Waals surface area contributed by atoms with E-state index in [0.29, 0.717) is 12.0 Å². The molecular weight excluding hydrogens is 282 g/mol. The summed E-state index contributed by atoms with van der Waals surface area (Å²) in [5.74, 6) is 6.77. The Kier molecular flexibility index (Phi) is 6.20. The minimum absolute atomic E-state index is 0.469. The molecule has 23 heavy (non-hydrogen) atoms. The third-order valence-corrected chi connectivity index (χ3v) is 4.19. The first-order chi connectivity index (χ1) is 11.0. The molecule has 1 atom stereocenters. The monoisotopic (exact) mass is 311 g/mol. The van der Waals surface area contributed by atoms with E-state index in [4.69, 9.17) is 11.6 Å². The first-order valence-electron chi connectivity index (χ1n) is 8.36. The van der Waals surface area contributed by atoms with Crippen LogP contribution in [0.1, 0.15) is 37.0 Å². The Balaban J connectivity index is 0.000000229. The van der Waals surface area contributed by atoms with Crippen LogP contribution in [0.3, 0.4) is 0 Å². The lowest BCUT2D eigenvalue weighted by Crippen LogP contribution is -2.45. The second kappa shape index (κ2) is 8.14. The summed E-state index contributed by atoms with van der Waals surface area (Å²) in [5, 5.41) is 1.96. The number of rotatable bonds is 2. The van der Waals surface area contributed by atoms with E-state index in [1.165, 1.54) is 16.7 Å². The number of hydrogen-bond acceptors (Lipinski definition) is 3. The van der Waals surface area contributed by atoms with E-state index in [2.05, 4.69) is 39.0 Å². The summed E-state index contributed by atoms with van der Waals surface area (Å²) in [4.78, 5) is 0. The summed E-state index contributed by atoms with van der Waals surface area (Å²) in [7, 11) is 0. The number of benzene rings is 2. The van der Waals surface area contributed by atoms with Gasteiger partial charge in [0.05, 0.1) is 0 Å². The van der Waals surface area contributed by atoms with E-state index >= 15 is 0 Å². The molecule has 3 rings (SSSR count). The molecule has 1 unspecified atom stereocenters. The molecule has 2 aromatic rings. The molecule has 4 N–H and O–H groups in total. The molecule has 0 saturated heterocycles. The maximum Gasteiger partial charge on any atom is 0.0386 e. The lowest BCUT2D eigenvalue weighted by atomic mass is 9.90. The minimum Gasteiger partial charge on any atom is -0.399 e. The zero-order valence-corrected chi connectivity index (χ0v) is 14.5. The van der Waals surface area contributed by atoms with E-state index < -0.39 is 0 Å². The average Bonchev–Trinajstić information content (AvgIpc) is 2.49. The Bertz CT molecular complexity index is 608. The van der Waals surface area contributed by atoms with Gasteiger partial charge in [-0.3, -0.25) is 5.84 Å². The third kappa shape index (κ3) is 5.38. The Labute approximate surface area is 140 Å². The fourth-order valence-electron chi connectivity index (χ4n) is 2.99. The average molecular weight is 311 g/mol. The topological polar surface area (TPSA) is 55.3 Å². The van der Waals surface area contributed by atoms with Gasteiger partial charge in [-0.15, -0.1) is 0 Å². The van der Waals surface area contributed by atoms with Crippen LogP contribution in [0.15, 0.2) is 48.5 Å². The molecule has 0 bridgehead atoms. The van der Waals surface area contributed by atoms with Crippen molar-refractivity contribution in [1.29, 1.82) is 0 Å².